The summed E-state index contributed by atoms with van der Waals surface area (Å²) in [5.74, 6) is 0. The molecule has 2 aliphatic heterocycles. The molecule has 0 saturated carbocycles. The number of benzene rings is 1. The van der Waals surface area contributed by atoms with E-state index in [9.17, 15) is 8.42 Å². The van der Waals surface area contributed by atoms with Crippen LogP contribution in [0.25, 0.3) is 0 Å². The normalized spacial score (nSPS) is 26.1. The quantitative estimate of drug-likeness (QED) is 0.924. The van der Waals surface area contributed by atoms with Crippen molar-refractivity contribution in [1.82, 2.24) is 9.62 Å². The van der Waals surface area contributed by atoms with Gasteiger partial charge >= 0.3 is 0 Å². The molecule has 2 unspecified atom stereocenters. The molecule has 1 N–H and O–H groups in total. The standard InChI is InChI=1S/C15H22N2O2S.ClH/c1-2-12-5-3-4-6-15(12)20(18,19)17-10-9-13-7-8-14(11-17)16-13;/h3-6,13-14,16H,2,7-11H2,1H3;1H. The summed E-state index contributed by atoms with van der Waals surface area (Å²) in [5, 5.41) is 3.53. The molecule has 0 spiro atoms. The van der Waals surface area contributed by atoms with Crippen LogP contribution in [0.1, 0.15) is 31.7 Å². The Morgan fingerprint density at radius 2 is 1.90 bits per heavy atom. The number of hydrogen-bond acceptors (Lipinski definition) is 3. The molecule has 2 fully saturated rings. The molecule has 0 amide bonds. The first-order valence-corrected chi connectivity index (χ1v) is 8.89. The molecule has 2 saturated heterocycles. The monoisotopic (exact) mass is 330 g/mol. The van der Waals surface area contributed by atoms with Crippen LogP contribution in [-0.4, -0.2) is 37.9 Å². The fraction of sp³-hybridized carbons (Fsp3) is 0.600. The van der Waals surface area contributed by atoms with E-state index in [1.165, 1.54) is 6.42 Å². The van der Waals surface area contributed by atoms with Crippen LogP contribution in [0, 0.1) is 0 Å². The first kappa shape index (κ1) is 16.7. The second kappa shape index (κ2) is 6.65. The summed E-state index contributed by atoms with van der Waals surface area (Å²) in [6, 6.07) is 8.20. The van der Waals surface area contributed by atoms with Crippen molar-refractivity contribution in [1.29, 1.82) is 0 Å². The molecule has 4 nitrogen and oxygen atoms in total. The average Bonchev–Trinajstić information content (AvgIpc) is 2.77. The predicted molar refractivity (Wildman–Crippen MR) is 86.4 cm³/mol. The average molecular weight is 331 g/mol. The van der Waals surface area contributed by atoms with Gasteiger partial charge in [0.15, 0.2) is 0 Å². The Labute approximate surface area is 133 Å². The Hall–Kier alpha value is -0.620. The molecule has 2 heterocycles. The smallest absolute Gasteiger partial charge is 0.243 e. The highest BCUT2D eigenvalue weighted by Crippen LogP contribution is 2.26. The molecule has 1 aromatic carbocycles. The molecule has 2 aliphatic rings. The van der Waals surface area contributed by atoms with Gasteiger partial charge in [0, 0.05) is 25.2 Å². The Morgan fingerprint density at radius 1 is 1.19 bits per heavy atom. The third kappa shape index (κ3) is 3.26. The summed E-state index contributed by atoms with van der Waals surface area (Å²) in [5.41, 5.74) is 0.912. The minimum atomic E-state index is -3.36. The first-order chi connectivity index (χ1) is 9.61. The fourth-order valence-electron chi connectivity index (χ4n) is 3.32. The number of nitrogens with one attached hydrogen (secondary N) is 1. The molecule has 6 heteroatoms. The number of hydrogen-bond donors (Lipinski definition) is 1. The van der Waals surface area contributed by atoms with Gasteiger partial charge in [-0.15, -0.1) is 12.4 Å². The molecule has 3 rings (SSSR count). The van der Waals surface area contributed by atoms with Crippen LogP contribution in [0.2, 0.25) is 0 Å². The summed E-state index contributed by atoms with van der Waals surface area (Å²) >= 11 is 0. The number of fused-ring (bicyclic) bond motifs is 2. The van der Waals surface area contributed by atoms with Crippen LogP contribution in [0.5, 0.6) is 0 Å². The summed E-state index contributed by atoms with van der Waals surface area (Å²) < 4.78 is 27.5. The third-order valence-corrected chi connectivity index (χ3v) is 6.42. The largest absolute Gasteiger partial charge is 0.310 e. The highest BCUT2D eigenvalue weighted by molar-refractivity contribution is 7.89. The highest BCUT2D eigenvalue weighted by atomic mass is 35.5. The summed E-state index contributed by atoms with van der Waals surface area (Å²) in [6.07, 6.45) is 3.94. The number of nitrogens with zero attached hydrogens (tertiary/aromatic N) is 1. The summed E-state index contributed by atoms with van der Waals surface area (Å²) in [7, 11) is -3.36. The van der Waals surface area contributed by atoms with Gasteiger partial charge in [-0.05, 0) is 37.3 Å². The maximum absolute atomic E-state index is 12.9. The molecular formula is C15H23ClN2O2S. The molecule has 1 aromatic rings. The van der Waals surface area contributed by atoms with Crippen molar-refractivity contribution in [3.05, 3.63) is 29.8 Å². The topological polar surface area (TPSA) is 49.4 Å². The SMILES string of the molecule is CCc1ccccc1S(=O)(=O)N1CCC2CCC(C1)N2.Cl. The van der Waals surface area contributed by atoms with E-state index in [1.807, 2.05) is 25.1 Å². The molecule has 2 bridgehead atoms. The lowest BCUT2D eigenvalue weighted by Gasteiger charge is -2.24. The number of rotatable bonds is 3. The van der Waals surface area contributed by atoms with Crippen molar-refractivity contribution >= 4 is 22.4 Å². The van der Waals surface area contributed by atoms with Crippen molar-refractivity contribution in [2.75, 3.05) is 13.1 Å². The van der Waals surface area contributed by atoms with Gasteiger partial charge in [0.25, 0.3) is 0 Å². The molecule has 2 atom stereocenters. The maximum atomic E-state index is 12.9. The van der Waals surface area contributed by atoms with Crippen molar-refractivity contribution in [3.8, 4) is 0 Å². The van der Waals surface area contributed by atoms with Crippen LogP contribution in [0.4, 0.5) is 0 Å². The van der Waals surface area contributed by atoms with E-state index in [2.05, 4.69) is 5.32 Å². The van der Waals surface area contributed by atoms with Gasteiger partial charge < -0.3 is 5.32 Å². The first-order valence-electron chi connectivity index (χ1n) is 7.45. The van der Waals surface area contributed by atoms with Gasteiger partial charge in [-0.25, -0.2) is 8.42 Å². The van der Waals surface area contributed by atoms with Gasteiger partial charge in [-0.3, -0.25) is 0 Å². The van der Waals surface area contributed by atoms with E-state index in [0.717, 1.165) is 24.8 Å². The van der Waals surface area contributed by atoms with Crippen molar-refractivity contribution in [2.24, 2.45) is 0 Å². The van der Waals surface area contributed by atoms with E-state index in [-0.39, 0.29) is 12.4 Å². The molecule has 118 valence electrons. The van der Waals surface area contributed by atoms with E-state index >= 15 is 0 Å². The Kier molecular flexibility index (Phi) is 5.30. The zero-order chi connectivity index (χ0) is 14.2. The van der Waals surface area contributed by atoms with Crippen LogP contribution in [0.3, 0.4) is 0 Å². The molecule has 0 radical (unpaired) electrons. The summed E-state index contributed by atoms with van der Waals surface area (Å²) in [6.45, 7) is 3.24. The lowest BCUT2D eigenvalue weighted by atomic mass is 10.1. The molecule has 0 aliphatic carbocycles. The maximum Gasteiger partial charge on any atom is 0.243 e. The lowest BCUT2D eigenvalue weighted by molar-refractivity contribution is 0.383. The van der Waals surface area contributed by atoms with Crippen LogP contribution in [-0.2, 0) is 16.4 Å². The zero-order valence-corrected chi connectivity index (χ0v) is 13.9. The van der Waals surface area contributed by atoms with Gasteiger partial charge in [-0.1, -0.05) is 25.1 Å². The second-order valence-corrected chi connectivity index (χ2v) is 7.66. The van der Waals surface area contributed by atoms with Crippen molar-refractivity contribution < 1.29 is 8.42 Å². The van der Waals surface area contributed by atoms with Crippen LogP contribution in [0.15, 0.2) is 29.2 Å². The summed E-state index contributed by atoms with van der Waals surface area (Å²) in [4.78, 5) is 0.486. The van der Waals surface area contributed by atoms with E-state index in [0.29, 0.717) is 30.1 Å². The Balaban J connectivity index is 0.00000161. The second-order valence-electron chi connectivity index (χ2n) is 5.75. The van der Waals surface area contributed by atoms with Gasteiger partial charge in [0.2, 0.25) is 10.0 Å². The Morgan fingerprint density at radius 3 is 2.67 bits per heavy atom. The molecule has 0 aromatic heterocycles. The predicted octanol–water partition coefficient (Wildman–Crippen LogP) is 2.19. The Bertz CT molecular complexity index is 591. The van der Waals surface area contributed by atoms with E-state index in [1.54, 1.807) is 10.4 Å². The lowest BCUT2D eigenvalue weighted by Crippen LogP contribution is -2.39. The number of aryl methyl sites for hydroxylation is 1. The van der Waals surface area contributed by atoms with Crippen LogP contribution < -0.4 is 5.32 Å². The third-order valence-electron chi connectivity index (χ3n) is 4.46. The molecular weight excluding hydrogens is 308 g/mol. The van der Waals surface area contributed by atoms with E-state index in [4.69, 9.17) is 0 Å². The number of sulfonamides is 1. The zero-order valence-electron chi connectivity index (χ0n) is 12.3. The minimum Gasteiger partial charge on any atom is -0.310 e. The number of halogens is 1. The minimum absolute atomic E-state index is 0. The van der Waals surface area contributed by atoms with Crippen LogP contribution >= 0.6 is 12.4 Å². The highest BCUT2D eigenvalue weighted by Gasteiger charge is 2.35. The van der Waals surface area contributed by atoms with E-state index < -0.39 is 10.0 Å². The molecule has 21 heavy (non-hydrogen) atoms. The van der Waals surface area contributed by atoms with Crippen molar-refractivity contribution in [3.63, 3.8) is 0 Å². The van der Waals surface area contributed by atoms with Gasteiger partial charge in [0.1, 0.15) is 0 Å². The van der Waals surface area contributed by atoms with Gasteiger partial charge in [-0.2, -0.15) is 4.31 Å². The van der Waals surface area contributed by atoms with Crippen molar-refractivity contribution in [2.45, 2.75) is 49.6 Å². The van der Waals surface area contributed by atoms with Gasteiger partial charge in [0.05, 0.1) is 4.90 Å². The fourth-order valence-corrected chi connectivity index (χ4v) is 5.11.